The van der Waals surface area contributed by atoms with Gasteiger partial charge in [-0.25, -0.2) is 9.97 Å². The van der Waals surface area contributed by atoms with Crippen LogP contribution >= 0.6 is 0 Å². The number of piperidine rings is 1. The molecule has 0 unspecified atom stereocenters. The summed E-state index contributed by atoms with van der Waals surface area (Å²) in [5.74, 6) is 1.29. The summed E-state index contributed by atoms with van der Waals surface area (Å²) in [5.41, 5.74) is 0.994. The summed E-state index contributed by atoms with van der Waals surface area (Å²) in [7, 11) is 0. The molecule has 1 aliphatic rings. The molecule has 3 rings (SSSR count). The van der Waals surface area contributed by atoms with E-state index < -0.39 is 0 Å². The Balaban J connectivity index is 1.74. The van der Waals surface area contributed by atoms with Crippen molar-refractivity contribution in [1.29, 1.82) is 0 Å². The van der Waals surface area contributed by atoms with E-state index in [0.29, 0.717) is 11.7 Å². The Morgan fingerprint density at radius 3 is 2.44 bits per heavy atom. The topological polar surface area (TPSA) is 84.2 Å². The van der Waals surface area contributed by atoms with E-state index in [-0.39, 0.29) is 22.0 Å². The van der Waals surface area contributed by atoms with Crippen molar-refractivity contribution in [2.75, 3.05) is 23.3 Å². The molecule has 7 nitrogen and oxygen atoms in total. The van der Waals surface area contributed by atoms with Crippen LogP contribution in [0.3, 0.4) is 0 Å². The van der Waals surface area contributed by atoms with Gasteiger partial charge in [0.1, 0.15) is 6.33 Å². The van der Waals surface area contributed by atoms with Gasteiger partial charge in [0.15, 0.2) is 0 Å². The molecule has 1 aliphatic heterocycles. The first-order valence-corrected chi connectivity index (χ1v) is 9.40. The number of benzene rings is 1. The number of nitro groups is 1. The van der Waals surface area contributed by atoms with Crippen molar-refractivity contribution in [3.63, 3.8) is 0 Å². The first-order valence-electron chi connectivity index (χ1n) is 9.40. The summed E-state index contributed by atoms with van der Waals surface area (Å²) in [6, 6.07) is 10.5. The summed E-state index contributed by atoms with van der Waals surface area (Å²) < 4.78 is 0. The van der Waals surface area contributed by atoms with Crippen LogP contribution < -0.4 is 10.2 Å². The molecule has 27 heavy (non-hydrogen) atoms. The Bertz CT molecular complexity index is 781. The van der Waals surface area contributed by atoms with Crippen LogP contribution in [-0.4, -0.2) is 33.5 Å². The summed E-state index contributed by atoms with van der Waals surface area (Å²) in [5, 5.41) is 14.9. The standard InChI is InChI=1S/C20H27N5O2/c1-20(2,3)23-18-17(25(26)27)19(22-14-21-18)24-11-9-16(10-12-24)13-15-7-5-4-6-8-15/h4-8,14,16H,9-13H2,1-3H3,(H,21,22,23). The number of rotatable bonds is 5. The maximum Gasteiger partial charge on any atom is 0.353 e. The molecule has 0 amide bonds. The van der Waals surface area contributed by atoms with Crippen LogP contribution in [0.4, 0.5) is 17.3 Å². The van der Waals surface area contributed by atoms with Gasteiger partial charge >= 0.3 is 5.69 Å². The van der Waals surface area contributed by atoms with Crippen LogP contribution in [-0.2, 0) is 6.42 Å². The zero-order chi connectivity index (χ0) is 19.4. The molecule has 1 N–H and O–H groups in total. The molecule has 0 radical (unpaired) electrons. The maximum absolute atomic E-state index is 11.7. The molecule has 0 atom stereocenters. The van der Waals surface area contributed by atoms with Gasteiger partial charge in [0, 0.05) is 18.6 Å². The van der Waals surface area contributed by atoms with E-state index >= 15 is 0 Å². The summed E-state index contributed by atoms with van der Waals surface area (Å²) in [6.07, 6.45) is 4.46. The largest absolute Gasteiger partial charge is 0.360 e. The lowest BCUT2D eigenvalue weighted by Gasteiger charge is -2.33. The average molecular weight is 369 g/mol. The van der Waals surface area contributed by atoms with Crippen LogP contribution in [0.5, 0.6) is 0 Å². The van der Waals surface area contributed by atoms with Crippen LogP contribution in [0, 0.1) is 16.0 Å². The second-order valence-corrected chi connectivity index (χ2v) is 8.15. The number of aromatic nitrogens is 2. The van der Waals surface area contributed by atoms with Gasteiger partial charge in [-0.05, 0) is 51.5 Å². The zero-order valence-corrected chi connectivity index (χ0v) is 16.2. The minimum atomic E-state index is -0.376. The molecule has 1 saturated heterocycles. The second-order valence-electron chi connectivity index (χ2n) is 8.15. The van der Waals surface area contributed by atoms with Crippen molar-refractivity contribution in [1.82, 2.24) is 9.97 Å². The van der Waals surface area contributed by atoms with Crippen molar-refractivity contribution in [2.45, 2.75) is 45.6 Å². The van der Waals surface area contributed by atoms with E-state index in [4.69, 9.17) is 0 Å². The van der Waals surface area contributed by atoms with Crippen molar-refractivity contribution in [3.8, 4) is 0 Å². The van der Waals surface area contributed by atoms with Crippen LogP contribution in [0.25, 0.3) is 0 Å². The molecule has 0 aliphatic carbocycles. The lowest BCUT2D eigenvalue weighted by atomic mass is 9.90. The predicted molar refractivity (Wildman–Crippen MR) is 107 cm³/mol. The fraction of sp³-hybridized carbons (Fsp3) is 0.500. The van der Waals surface area contributed by atoms with Crippen LogP contribution in [0.1, 0.15) is 39.2 Å². The molecular formula is C20H27N5O2. The Hall–Kier alpha value is -2.70. The number of hydrogen-bond donors (Lipinski definition) is 1. The SMILES string of the molecule is CC(C)(C)Nc1ncnc(N2CCC(Cc3ccccc3)CC2)c1[N+](=O)[O-]. The third-order valence-corrected chi connectivity index (χ3v) is 4.76. The maximum atomic E-state index is 11.7. The molecule has 2 heterocycles. The molecule has 1 fully saturated rings. The van der Waals surface area contributed by atoms with Crippen molar-refractivity contribution in [2.24, 2.45) is 5.92 Å². The van der Waals surface area contributed by atoms with Crippen LogP contribution in [0.15, 0.2) is 36.7 Å². The summed E-state index contributed by atoms with van der Waals surface area (Å²) in [4.78, 5) is 21.8. The molecule has 0 saturated carbocycles. The summed E-state index contributed by atoms with van der Waals surface area (Å²) in [6.45, 7) is 7.39. The number of nitrogens with zero attached hydrogens (tertiary/aromatic N) is 4. The van der Waals surface area contributed by atoms with E-state index in [2.05, 4.69) is 39.6 Å². The molecule has 1 aromatic carbocycles. The monoisotopic (exact) mass is 369 g/mol. The highest BCUT2D eigenvalue weighted by Crippen LogP contribution is 2.35. The highest BCUT2D eigenvalue weighted by Gasteiger charge is 2.31. The minimum Gasteiger partial charge on any atom is -0.360 e. The lowest BCUT2D eigenvalue weighted by molar-refractivity contribution is -0.383. The smallest absolute Gasteiger partial charge is 0.353 e. The molecular weight excluding hydrogens is 342 g/mol. The van der Waals surface area contributed by atoms with E-state index in [0.717, 1.165) is 32.4 Å². The second kappa shape index (κ2) is 7.90. The van der Waals surface area contributed by atoms with E-state index in [9.17, 15) is 10.1 Å². The van der Waals surface area contributed by atoms with Gasteiger partial charge in [-0.2, -0.15) is 0 Å². The third-order valence-electron chi connectivity index (χ3n) is 4.76. The normalized spacial score (nSPS) is 15.6. The first-order chi connectivity index (χ1) is 12.8. The molecule has 0 bridgehead atoms. The molecule has 2 aromatic rings. The highest BCUT2D eigenvalue weighted by atomic mass is 16.6. The predicted octanol–water partition coefficient (Wildman–Crippen LogP) is 4.05. The average Bonchev–Trinajstić information content (AvgIpc) is 2.61. The van der Waals surface area contributed by atoms with Gasteiger partial charge in [0.25, 0.3) is 0 Å². The lowest BCUT2D eigenvalue weighted by Crippen LogP contribution is -2.36. The van der Waals surface area contributed by atoms with Gasteiger partial charge in [0.05, 0.1) is 4.92 Å². The number of anilines is 2. The first kappa shape index (κ1) is 19.1. The zero-order valence-electron chi connectivity index (χ0n) is 16.2. The third kappa shape index (κ3) is 4.93. The van der Waals surface area contributed by atoms with Crippen molar-refractivity contribution < 1.29 is 4.92 Å². The molecule has 7 heteroatoms. The quantitative estimate of drug-likeness (QED) is 0.632. The Morgan fingerprint density at radius 1 is 1.19 bits per heavy atom. The van der Waals surface area contributed by atoms with Gasteiger partial charge in [-0.3, -0.25) is 10.1 Å². The molecule has 144 valence electrons. The van der Waals surface area contributed by atoms with E-state index in [1.165, 1.54) is 11.9 Å². The highest BCUT2D eigenvalue weighted by molar-refractivity contribution is 5.70. The Labute approximate surface area is 160 Å². The van der Waals surface area contributed by atoms with Gasteiger partial charge < -0.3 is 10.2 Å². The van der Waals surface area contributed by atoms with Crippen LogP contribution in [0.2, 0.25) is 0 Å². The Morgan fingerprint density at radius 2 is 1.85 bits per heavy atom. The fourth-order valence-electron chi connectivity index (χ4n) is 3.51. The number of nitrogens with one attached hydrogen (secondary N) is 1. The molecule has 0 spiro atoms. The Kier molecular flexibility index (Phi) is 5.58. The number of hydrogen-bond acceptors (Lipinski definition) is 6. The van der Waals surface area contributed by atoms with E-state index in [1.807, 2.05) is 31.7 Å². The van der Waals surface area contributed by atoms with E-state index in [1.54, 1.807) is 0 Å². The van der Waals surface area contributed by atoms with Gasteiger partial charge in [-0.15, -0.1) is 0 Å². The van der Waals surface area contributed by atoms with Crippen molar-refractivity contribution in [3.05, 3.63) is 52.3 Å². The van der Waals surface area contributed by atoms with Gasteiger partial charge in [0.2, 0.25) is 11.6 Å². The minimum absolute atomic E-state index is 0.0334. The van der Waals surface area contributed by atoms with Gasteiger partial charge in [-0.1, -0.05) is 30.3 Å². The van der Waals surface area contributed by atoms with Crippen molar-refractivity contribution >= 4 is 17.3 Å². The molecule has 1 aromatic heterocycles. The summed E-state index contributed by atoms with van der Waals surface area (Å²) >= 11 is 0. The fourth-order valence-corrected chi connectivity index (χ4v) is 3.51.